The standard InChI is InChI=1S/C5H13NO4S2.Na/c6-4-2-1-3-5-11-10-12(7,8)9;/h1-6H2,(H,7,8,9);/q;+1/p-1. The van der Waals surface area contributed by atoms with Crippen molar-refractivity contribution < 1.29 is 46.2 Å². The maximum absolute atomic E-state index is 9.90. The van der Waals surface area contributed by atoms with E-state index < -0.39 is 10.4 Å². The molecule has 5 nitrogen and oxygen atoms in total. The molecule has 0 spiro atoms. The van der Waals surface area contributed by atoms with Gasteiger partial charge < -0.3 is 10.3 Å². The van der Waals surface area contributed by atoms with E-state index in [0.29, 0.717) is 24.3 Å². The van der Waals surface area contributed by atoms with Gasteiger partial charge in [-0.15, -0.1) is 0 Å². The summed E-state index contributed by atoms with van der Waals surface area (Å²) in [6, 6.07) is 0. The van der Waals surface area contributed by atoms with Crippen LogP contribution in [0.25, 0.3) is 0 Å². The van der Waals surface area contributed by atoms with Crippen LogP contribution >= 0.6 is 12.0 Å². The van der Waals surface area contributed by atoms with E-state index in [4.69, 9.17) is 5.73 Å². The van der Waals surface area contributed by atoms with E-state index >= 15 is 0 Å². The fraction of sp³-hybridized carbons (Fsp3) is 1.00. The predicted molar refractivity (Wildman–Crippen MR) is 46.1 cm³/mol. The van der Waals surface area contributed by atoms with E-state index in [2.05, 4.69) is 3.63 Å². The predicted octanol–water partition coefficient (Wildman–Crippen LogP) is -2.76. The molecule has 74 valence electrons. The molecule has 0 saturated carbocycles. The van der Waals surface area contributed by atoms with Gasteiger partial charge in [0, 0.05) is 17.8 Å². The Morgan fingerprint density at radius 1 is 1.31 bits per heavy atom. The van der Waals surface area contributed by atoms with Crippen LogP contribution in [-0.2, 0) is 14.0 Å². The molecule has 0 aromatic carbocycles. The van der Waals surface area contributed by atoms with Crippen LogP contribution in [0.15, 0.2) is 0 Å². The van der Waals surface area contributed by atoms with Crippen molar-refractivity contribution in [3.63, 3.8) is 0 Å². The van der Waals surface area contributed by atoms with Gasteiger partial charge in [0.1, 0.15) is 0 Å². The van der Waals surface area contributed by atoms with Crippen LogP contribution in [0.3, 0.4) is 0 Å². The van der Waals surface area contributed by atoms with Crippen molar-refractivity contribution in [3.8, 4) is 0 Å². The van der Waals surface area contributed by atoms with E-state index in [1.54, 1.807) is 0 Å². The third-order valence-corrected chi connectivity index (χ3v) is 2.57. The molecule has 0 aliphatic heterocycles. The summed E-state index contributed by atoms with van der Waals surface area (Å²) >= 11 is 0.669. The van der Waals surface area contributed by atoms with Gasteiger partial charge in [0.05, 0.1) is 0 Å². The van der Waals surface area contributed by atoms with Crippen molar-refractivity contribution in [2.24, 2.45) is 5.73 Å². The number of hydrogen-bond donors (Lipinski definition) is 1. The topological polar surface area (TPSA) is 92.5 Å². The Labute approximate surface area is 105 Å². The normalized spacial score (nSPS) is 10.9. The van der Waals surface area contributed by atoms with Gasteiger partial charge in [0.25, 0.3) is 0 Å². The fourth-order valence-corrected chi connectivity index (χ4v) is 1.64. The summed E-state index contributed by atoms with van der Waals surface area (Å²) in [5.74, 6) is 0.501. The Morgan fingerprint density at radius 2 is 1.92 bits per heavy atom. The summed E-state index contributed by atoms with van der Waals surface area (Å²) in [5.41, 5.74) is 5.23. The van der Waals surface area contributed by atoms with E-state index in [1.165, 1.54) is 0 Å². The van der Waals surface area contributed by atoms with Crippen molar-refractivity contribution >= 4 is 22.4 Å². The minimum atomic E-state index is -4.53. The van der Waals surface area contributed by atoms with Gasteiger partial charge in [0.2, 0.25) is 10.4 Å². The summed E-state index contributed by atoms with van der Waals surface area (Å²) in [5, 5.41) is 0. The van der Waals surface area contributed by atoms with Gasteiger partial charge in [0.15, 0.2) is 0 Å². The molecule has 0 fully saturated rings. The molecule has 0 amide bonds. The molecule has 0 radical (unpaired) electrons. The van der Waals surface area contributed by atoms with Crippen LogP contribution in [0, 0.1) is 0 Å². The van der Waals surface area contributed by atoms with Gasteiger partial charge in [-0.05, 0) is 19.4 Å². The van der Waals surface area contributed by atoms with E-state index in [-0.39, 0.29) is 29.6 Å². The first-order chi connectivity index (χ1) is 5.56. The Bertz CT molecular complexity index is 197. The third kappa shape index (κ3) is 15.9. The molecule has 0 aliphatic rings. The van der Waals surface area contributed by atoms with Crippen molar-refractivity contribution in [2.75, 3.05) is 12.3 Å². The fourth-order valence-electron chi connectivity index (χ4n) is 0.575. The van der Waals surface area contributed by atoms with E-state index in [0.717, 1.165) is 19.3 Å². The van der Waals surface area contributed by atoms with Crippen LogP contribution in [-0.4, -0.2) is 25.3 Å². The largest absolute Gasteiger partial charge is 1.00 e. The first-order valence-electron chi connectivity index (χ1n) is 3.53. The molecule has 0 aliphatic carbocycles. The van der Waals surface area contributed by atoms with Gasteiger partial charge in [-0.3, -0.25) is 0 Å². The number of hydrogen-bond acceptors (Lipinski definition) is 6. The van der Waals surface area contributed by atoms with Gasteiger partial charge in [-0.1, -0.05) is 6.42 Å². The minimum Gasteiger partial charge on any atom is -0.725 e. The average Bonchev–Trinajstić information content (AvgIpc) is 1.94. The Morgan fingerprint density at radius 3 is 2.38 bits per heavy atom. The molecule has 0 bridgehead atoms. The molecule has 0 aromatic rings. The molecule has 8 heteroatoms. The van der Waals surface area contributed by atoms with Crippen molar-refractivity contribution in [1.29, 1.82) is 0 Å². The Kier molecular flexibility index (Phi) is 12.4. The molecule has 0 saturated heterocycles. The quantitative estimate of drug-likeness (QED) is 0.170. The molecular formula is C5H12NNaO4S2. The first kappa shape index (κ1) is 16.6. The van der Waals surface area contributed by atoms with Crippen LogP contribution in [0.5, 0.6) is 0 Å². The third-order valence-electron chi connectivity index (χ3n) is 1.06. The molecule has 2 N–H and O–H groups in total. The zero-order chi connectivity index (χ0) is 9.45. The second kappa shape index (κ2) is 9.72. The number of rotatable bonds is 7. The van der Waals surface area contributed by atoms with Crippen LogP contribution in [0.2, 0.25) is 0 Å². The molecular weight excluding hydrogens is 225 g/mol. The maximum atomic E-state index is 9.90. The summed E-state index contributed by atoms with van der Waals surface area (Å²) in [6.45, 7) is 0.630. The maximum Gasteiger partial charge on any atom is 1.00 e. The Balaban J connectivity index is 0. The smallest absolute Gasteiger partial charge is 0.725 e. The SMILES string of the molecule is NCCCCCSOS(=O)(=O)[O-].[Na+]. The first-order valence-corrected chi connectivity index (χ1v) is 5.77. The van der Waals surface area contributed by atoms with Crippen LogP contribution in [0.1, 0.15) is 19.3 Å². The number of unbranched alkanes of at least 4 members (excludes halogenated alkanes) is 2. The minimum absolute atomic E-state index is 0. The van der Waals surface area contributed by atoms with Crippen molar-refractivity contribution in [1.82, 2.24) is 0 Å². The second-order valence-electron chi connectivity index (χ2n) is 2.15. The van der Waals surface area contributed by atoms with Crippen LogP contribution < -0.4 is 35.3 Å². The summed E-state index contributed by atoms with van der Waals surface area (Å²) in [4.78, 5) is 0. The molecule has 0 aromatic heterocycles. The van der Waals surface area contributed by atoms with Gasteiger partial charge in [-0.25, -0.2) is 12.0 Å². The monoisotopic (exact) mass is 237 g/mol. The van der Waals surface area contributed by atoms with Crippen molar-refractivity contribution in [3.05, 3.63) is 0 Å². The van der Waals surface area contributed by atoms with E-state index in [1.807, 2.05) is 0 Å². The second-order valence-corrected chi connectivity index (χ2v) is 4.15. The van der Waals surface area contributed by atoms with Crippen LogP contribution in [0.4, 0.5) is 0 Å². The summed E-state index contributed by atoms with van der Waals surface area (Å²) in [6.07, 6.45) is 2.63. The average molecular weight is 237 g/mol. The summed E-state index contributed by atoms with van der Waals surface area (Å²) in [7, 11) is -4.53. The molecule has 13 heavy (non-hydrogen) atoms. The van der Waals surface area contributed by atoms with Crippen molar-refractivity contribution in [2.45, 2.75) is 19.3 Å². The zero-order valence-electron chi connectivity index (χ0n) is 7.56. The van der Waals surface area contributed by atoms with Gasteiger partial charge >= 0.3 is 29.6 Å². The summed E-state index contributed by atoms with van der Waals surface area (Å²) < 4.78 is 33.6. The zero-order valence-corrected chi connectivity index (χ0v) is 11.2. The molecule has 0 rings (SSSR count). The molecule has 0 atom stereocenters. The molecule has 0 unspecified atom stereocenters. The van der Waals surface area contributed by atoms with E-state index in [9.17, 15) is 13.0 Å². The Hall–Kier alpha value is 1.18. The van der Waals surface area contributed by atoms with Gasteiger partial charge in [-0.2, -0.15) is 0 Å². The molecule has 0 heterocycles. The number of nitrogens with two attached hydrogens (primary N) is 1.